The summed E-state index contributed by atoms with van der Waals surface area (Å²) in [4.78, 5) is 6.31. The fraction of sp³-hybridized carbons (Fsp3) is 0.421. The Morgan fingerprint density at radius 1 is 1.11 bits per heavy atom. The first kappa shape index (κ1) is 18.5. The molecular formula is C19H20F3N5O. The normalized spacial score (nSPS) is 14.2. The van der Waals surface area contributed by atoms with Gasteiger partial charge in [0.1, 0.15) is 6.54 Å². The van der Waals surface area contributed by atoms with Gasteiger partial charge in [-0.25, -0.2) is 0 Å². The number of halogens is 3. The Morgan fingerprint density at radius 3 is 2.50 bits per heavy atom. The molecule has 148 valence electrons. The van der Waals surface area contributed by atoms with E-state index < -0.39 is 11.9 Å². The van der Waals surface area contributed by atoms with E-state index in [0.717, 1.165) is 24.1 Å². The van der Waals surface area contributed by atoms with Crippen LogP contribution >= 0.6 is 0 Å². The lowest BCUT2D eigenvalue weighted by Crippen LogP contribution is -2.11. The molecule has 0 spiro atoms. The van der Waals surface area contributed by atoms with Crippen molar-refractivity contribution in [3.8, 4) is 11.4 Å². The van der Waals surface area contributed by atoms with E-state index in [2.05, 4.69) is 15.2 Å². The zero-order chi connectivity index (χ0) is 19.9. The molecule has 1 aromatic carbocycles. The summed E-state index contributed by atoms with van der Waals surface area (Å²) in [6.07, 6.45) is -1.89. The molecule has 2 heterocycles. The number of fused-ring (bicyclic) bond motifs is 1. The van der Waals surface area contributed by atoms with Gasteiger partial charge in [-0.3, -0.25) is 4.68 Å². The van der Waals surface area contributed by atoms with Gasteiger partial charge in [0.25, 0.3) is 0 Å². The summed E-state index contributed by atoms with van der Waals surface area (Å²) >= 11 is 0. The Hall–Kier alpha value is -2.84. The lowest BCUT2D eigenvalue weighted by Gasteiger charge is -2.14. The molecule has 0 aliphatic heterocycles. The molecule has 0 saturated carbocycles. The quantitative estimate of drug-likeness (QED) is 0.674. The highest BCUT2D eigenvalue weighted by molar-refractivity contribution is 5.59. The van der Waals surface area contributed by atoms with E-state index in [1.807, 2.05) is 43.3 Å². The Morgan fingerprint density at radius 2 is 1.82 bits per heavy atom. The lowest BCUT2D eigenvalue weighted by molar-refractivity contribution is -0.142. The summed E-state index contributed by atoms with van der Waals surface area (Å²) in [5.41, 5.74) is 1.95. The van der Waals surface area contributed by atoms with Crippen molar-refractivity contribution in [2.75, 3.05) is 19.0 Å². The monoisotopic (exact) mass is 391 g/mol. The van der Waals surface area contributed by atoms with Crippen molar-refractivity contribution in [3.63, 3.8) is 0 Å². The van der Waals surface area contributed by atoms with Gasteiger partial charge >= 0.3 is 6.18 Å². The minimum Gasteiger partial charge on any atom is -0.378 e. The van der Waals surface area contributed by atoms with E-state index in [9.17, 15) is 13.2 Å². The molecular weight excluding hydrogens is 371 g/mol. The van der Waals surface area contributed by atoms with Crippen molar-refractivity contribution < 1.29 is 17.7 Å². The van der Waals surface area contributed by atoms with E-state index in [1.54, 1.807) is 0 Å². The van der Waals surface area contributed by atoms with Crippen LogP contribution in [0, 0.1) is 0 Å². The van der Waals surface area contributed by atoms with Crippen LogP contribution in [0.3, 0.4) is 0 Å². The molecule has 0 saturated heterocycles. The van der Waals surface area contributed by atoms with Crippen molar-refractivity contribution >= 4 is 5.69 Å². The van der Waals surface area contributed by atoms with E-state index >= 15 is 0 Å². The van der Waals surface area contributed by atoms with E-state index in [-0.39, 0.29) is 12.4 Å². The summed E-state index contributed by atoms with van der Waals surface area (Å²) in [7, 11) is 3.89. The minimum absolute atomic E-state index is 0.0290. The number of rotatable bonds is 4. The molecule has 0 atom stereocenters. The average molecular weight is 391 g/mol. The zero-order valence-corrected chi connectivity index (χ0v) is 15.6. The van der Waals surface area contributed by atoms with E-state index in [0.29, 0.717) is 29.9 Å². The predicted octanol–water partition coefficient (Wildman–Crippen LogP) is 3.95. The molecule has 3 aromatic rings. The maximum absolute atomic E-state index is 13.3. The molecule has 2 aromatic heterocycles. The van der Waals surface area contributed by atoms with Crippen molar-refractivity contribution in [2.24, 2.45) is 0 Å². The van der Waals surface area contributed by atoms with Crippen LogP contribution in [0.5, 0.6) is 0 Å². The van der Waals surface area contributed by atoms with Gasteiger partial charge in [-0.1, -0.05) is 5.16 Å². The van der Waals surface area contributed by atoms with Crippen molar-refractivity contribution in [3.05, 3.63) is 47.1 Å². The molecule has 0 amide bonds. The van der Waals surface area contributed by atoms with Crippen LogP contribution in [0.4, 0.5) is 18.9 Å². The summed E-state index contributed by atoms with van der Waals surface area (Å²) < 4.78 is 46.6. The number of aromatic nitrogens is 4. The third-order valence-electron chi connectivity index (χ3n) is 4.92. The van der Waals surface area contributed by atoms with E-state index in [4.69, 9.17) is 4.52 Å². The van der Waals surface area contributed by atoms with Crippen LogP contribution in [0.1, 0.15) is 35.7 Å². The van der Waals surface area contributed by atoms with Crippen LogP contribution in [0.15, 0.2) is 28.8 Å². The topological polar surface area (TPSA) is 60.0 Å². The number of benzene rings is 1. The number of hydrogen-bond donors (Lipinski definition) is 0. The van der Waals surface area contributed by atoms with Gasteiger partial charge in [0, 0.05) is 36.6 Å². The Bertz CT molecular complexity index is 973. The SMILES string of the molecule is CN(C)c1ccc(-c2noc(Cn3nc(C(F)(F)F)c4c3CCCC4)n2)cc1. The molecule has 6 nitrogen and oxygen atoms in total. The van der Waals surface area contributed by atoms with Crippen LogP contribution in [0.2, 0.25) is 0 Å². The summed E-state index contributed by atoms with van der Waals surface area (Å²) in [5.74, 6) is 0.633. The van der Waals surface area contributed by atoms with Gasteiger partial charge in [0.05, 0.1) is 0 Å². The first-order valence-corrected chi connectivity index (χ1v) is 9.09. The molecule has 4 rings (SSSR count). The Kier molecular flexibility index (Phi) is 4.60. The van der Waals surface area contributed by atoms with E-state index in [1.165, 1.54) is 4.68 Å². The summed E-state index contributed by atoms with van der Waals surface area (Å²) in [5, 5.41) is 7.79. The van der Waals surface area contributed by atoms with Crippen LogP contribution in [-0.2, 0) is 25.6 Å². The van der Waals surface area contributed by atoms with Crippen LogP contribution < -0.4 is 4.90 Å². The molecule has 1 aliphatic rings. The van der Waals surface area contributed by atoms with Crippen molar-refractivity contribution in [1.29, 1.82) is 0 Å². The molecule has 0 fully saturated rings. The Balaban J connectivity index is 1.60. The van der Waals surface area contributed by atoms with Crippen molar-refractivity contribution in [1.82, 2.24) is 19.9 Å². The fourth-order valence-corrected chi connectivity index (χ4v) is 3.50. The highest BCUT2D eigenvalue weighted by atomic mass is 19.4. The van der Waals surface area contributed by atoms with Gasteiger partial charge in [-0.2, -0.15) is 23.3 Å². The third kappa shape index (κ3) is 3.48. The second-order valence-corrected chi connectivity index (χ2v) is 7.09. The standard InChI is InChI=1S/C19H20F3N5O/c1-26(2)13-9-7-12(8-10-13)18-23-16(28-25-18)11-27-15-6-4-3-5-14(15)17(24-27)19(20,21)22/h7-10H,3-6,11H2,1-2H3. The zero-order valence-electron chi connectivity index (χ0n) is 15.6. The third-order valence-corrected chi connectivity index (χ3v) is 4.92. The van der Waals surface area contributed by atoms with Crippen LogP contribution in [-0.4, -0.2) is 34.0 Å². The number of alkyl halides is 3. The predicted molar refractivity (Wildman–Crippen MR) is 97.0 cm³/mol. The Labute approximate surface area is 160 Å². The van der Waals surface area contributed by atoms with Gasteiger partial charge < -0.3 is 9.42 Å². The minimum atomic E-state index is -4.46. The highest BCUT2D eigenvalue weighted by Crippen LogP contribution is 2.36. The smallest absolute Gasteiger partial charge is 0.378 e. The first-order valence-electron chi connectivity index (χ1n) is 9.09. The number of hydrogen-bond acceptors (Lipinski definition) is 5. The van der Waals surface area contributed by atoms with Crippen LogP contribution in [0.25, 0.3) is 11.4 Å². The molecule has 9 heteroatoms. The molecule has 28 heavy (non-hydrogen) atoms. The lowest BCUT2D eigenvalue weighted by atomic mass is 9.95. The van der Waals surface area contributed by atoms with Gasteiger partial charge in [-0.05, 0) is 49.9 Å². The second kappa shape index (κ2) is 6.96. The largest absolute Gasteiger partial charge is 0.435 e. The number of nitrogens with zero attached hydrogens (tertiary/aromatic N) is 5. The average Bonchev–Trinajstić information content (AvgIpc) is 3.27. The summed E-state index contributed by atoms with van der Waals surface area (Å²) in [6.45, 7) is 0.0290. The molecule has 0 radical (unpaired) electrons. The molecule has 1 aliphatic carbocycles. The first-order chi connectivity index (χ1) is 13.3. The maximum atomic E-state index is 13.3. The van der Waals surface area contributed by atoms with Gasteiger partial charge in [0.2, 0.25) is 11.7 Å². The fourth-order valence-electron chi connectivity index (χ4n) is 3.50. The van der Waals surface area contributed by atoms with Gasteiger partial charge in [-0.15, -0.1) is 0 Å². The molecule has 0 bridgehead atoms. The second-order valence-electron chi connectivity index (χ2n) is 7.09. The molecule has 0 N–H and O–H groups in total. The molecule has 0 unspecified atom stereocenters. The highest BCUT2D eigenvalue weighted by Gasteiger charge is 2.39. The van der Waals surface area contributed by atoms with Gasteiger partial charge in [0.15, 0.2) is 5.69 Å². The number of anilines is 1. The summed E-state index contributed by atoms with van der Waals surface area (Å²) in [6, 6.07) is 7.62. The maximum Gasteiger partial charge on any atom is 0.435 e. The van der Waals surface area contributed by atoms with Crippen molar-refractivity contribution in [2.45, 2.75) is 38.4 Å².